The molecule has 0 unspecified atom stereocenters. The summed E-state index contributed by atoms with van der Waals surface area (Å²) in [6.45, 7) is 1.04. The minimum Gasteiger partial charge on any atom is -0.342 e. The van der Waals surface area contributed by atoms with Gasteiger partial charge in [-0.3, -0.25) is 4.79 Å². The second kappa shape index (κ2) is 1.24. The number of carbonyl (C=O) groups is 1. The minimum absolute atomic E-state index is 0.637. The van der Waals surface area contributed by atoms with E-state index in [2.05, 4.69) is 0 Å². The Morgan fingerprint density at radius 3 is 2.50 bits per heavy atom. The van der Waals surface area contributed by atoms with E-state index in [1.54, 1.807) is 0 Å². The van der Waals surface area contributed by atoms with Crippen molar-refractivity contribution in [3.05, 3.63) is 0 Å². The number of hydrogen-bond donors (Lipinski definition) is 0. The maximum atomic E-state index is 10.2. The lowest BCUT2D eigenvalue weighted by molar-refractivity contribution is -0.118. The standard InChI is InChI=1S/C6H9NO/c8-4-7-3-5-1-6(7)2-5/h4-6H,1-3H2. The van der Waals surface area contributed by atoms with Crippen LogP contribution in [0.25, 0.3) is 0 Å². The average molecular weight is 111 g/mol. The molecule has 3 rings (SSSR count). The van der Waals surface area contributed by atoms with Gasteiger partial charge in [0.1, 0.15) is 0 Å². The van der Waals surface area contributed by atoms with Gasteiger partial charge >= 0.3 is 0 Å². The molecule has 1 saturated carbocycles. The quantitative estimate of drug-likeness (QED) is 0.444. The molecule has 1 aliphatic carbocycles. The highest BCUT2D eigenvalue weighted by molar-refractivity contribution is 5.49. The zero-order chi connectivity index (χ0) is 5.56. The molecule has 2 heteroatoms. The van der Waals surface area contributed by atoms with E-state index in [1.807, 2.05) is 4.90 Å². The third-order valence-electron chi connectivity index (χ3n) is 2.28. The van der Waals surface area contributed by atoms with Gasteiger partial charge in [0, 0.05) is 12.6 Å². The van der Waals surface area contributed by atoms with Crippen LogP contribution in [0.1, 0.15) is 12.8 Å². The summed E-state index contributed by atoms with van der Waals surface area (Å²) >= 11 is 0. The van der Waals surface area contributed by atoms with Crippen LogP contribution in [0.3, 0.4) is 0 Å². The molecule has 3 aliphatic rings. The lowest BCUT2D eigenvalue weighted by Crippen LogP contribution is -2.27. The number of carbonyl (C=O) groups excluding carboxylic acids is 1. The molecule has 2 saturated heterocycles. The Bertz CT molecular complexity index is 118. The van der Waals surface area contributed by atoms with Crippen molar-refractivity contribution in [2.24, 2.45) is 5.92 Å². The van der Waals surface area contributed by atoms with Crippen molar-refractivity contribution in [2.45, 2.75) is 18.9 Å². The molecule has 8 heavy (non-hydrogen) atoms. The fourth-order valence-corrected chi connectivity index (χ4v) is 1.70. The minimum atomic E-state index is 0.637. The first-order valence-corrected chi connectivity index (χ1v) is 3.11. The van der Waals surface area contributed by atoms with E-state index in [0.29, 0.717) is 6.04 Å². The number of hydrogen-bond acceptors (Lipinski definition) is 1. The van der Waals surface area contributed by atoms with Gasteiger partial charge < -0.3 is 4.90 Å². The molecular weight excluding hydrogens is 102 g/mol. The molecule has 0 N–H and O–H groups in total. The van der Waals surface area contributed by atoms with E-state index in [-0.39, 0.29) is 0 Å². The van der Waals surface area contributed by atoms with E-state index in [4.69, 9.17) is 0 Å². The van der Waals surface area contributed by atoms with Gasteiger partial charge in [-0.25, -0.2) is 0 Å². The molecular formula is C6H9NO. The SMILES string of the molecule is O=CN1CC2CC1C2. The van der Waals surface area contributed by atoms with E-state index in [1.165, 1.54) is 12.8 Å². The van der Waals surface area contributed by atoms with E-state index >= 15 is 0 Å². The maximum Gasteiger partial charge on any atom is 0.209 e. The Kier molecular flexibility index (Phi) is 0.678. The molecule has 2 heterocycles. The van der Waals surface area contributed by atoms with Crippen molar-refractivity contribution in [3.63, 3.8) is 0 Å². The number of fused-ring (bicyclic) bond motifs is 1. The van der Waals surface area contributed by atoms with Crippen molar-refractivity contribution >= 4 is 6.41 Å². The lowest BCUT2D eigenvalue weighted by atomic mass is 9.86. The van der Waals surface area contributed by atoms with Crippen molar-refractivity contribution in [1.29, 1.82) is 0 Å². The monoisotopic (exact) mass is 111 g/mol. The van der Waals surface area contributed by atoms with Crippen LogP contribution in [-0.2, 0) is 4.79 Å². The first kappa shape index (κ1) is 4.36. The summed E-state index contributed by atoms with van der Waals surface area (Å²) in [4.78, 5) is 12.1. The topological polar surface area (TPSA) is 20.3 Å². The molecule has 2 aliphatic heterocycles. The van der Waals surface area contributed by atoms with E-state index < -0.39 is 0 Å². The zero-order valence-corrected chi connectivity index (χ0v) is 4.71. The van der Waals surface area contributed by atoms with Crippen LogP contribution in [0.2, 0.25) is 0 Å². The second-order valence-electron chi connectivity index (χ2n) is 2.79. The smallest absolute Gasteiger partial charge is 0.209 e. The Labute approximate surface area is 48.5 Å². The van der Waals surface area contributed by atoms with Gasteiger partial charge in [-0.15, -0.1) is 0 Å². The molecule has 0 radical (unpaired) electrons. The second-order valence-corrected chi connectivity index (χ2v) is 2.79. The predicted octanol–water partition coefficient (Wildman–Crippen LogP) is 0.237. The van der Waals surface area contributed by atoms with Crippen LogP contribution in [-0.4, -0.2) is 23.9 Å². The maximum absolute atomic E-state index is 10.2. The van der Waals surface area contributed by atoms with Gasteiger partial charge in [0.15, 0.2) is 0 Å². The fourth-order valence-electron chi connectivity index (χ4n) is 1.70. The van der Waals surface area contributed by atoms with Crippen molar-refractivity contribution in [1.82, 2.24) is 4.90 Å². The van der Waals surface area contributed by atoms with Crippen LogP contribution in [0.5, 0.6) is 0 Å². The number of rotatable bonds is 1. The van der Waals surface area contributed by atoms with Gasteiger partial charge in [-0.1, -0.05) is 0 Å². The third-order valence-corrected chi connectivity index (χ3v) is 2.28. The molecule has 0 spiro atoms. The summed E-state index contributed by atoms with van der Waals surface area (Å²) in [6.07, 6.45) is 3.54. The third kappa shape index (κ3) is 0.358. The predicted molar refractivity (Wildman–Crippen MR) is 29.3 cm³/mol. The van der Waals surface area contributed by atoms with Gasteiger partial charge in [-0.2, -0.15) is 0 Å². The normalized spacial score (nSPS) is 41.8. The largest absolute Gasteiger partial charge is 0.342 e. The van der Waals surface area contributed by atoms with Crippen LogP contribution in [0.15, 0.2) is 0 Å². The highest BCUT2D eigenvalue weighted by Gasteiger charge is 2.41. The van der Waals surface area contributed by atoms with Gasteiger partial charge in [-0.05, 0) is 18.8 Å². The summed E-state index contributed by atoms with van der Waals surface area (Å²) in [7, 11) is 0. The Balaban J connectivity index is 2.09. The van der Waals surface area contributed by atoms with Gasteiger partial charge in [0.05, 0.1) is 0 Å². The van der Waals surface area contributed by atoms with E-state index in [0.717, 1.165) is 18.9 Å². The summed E-state index contributed by atoms with van der Waals surface area (Å²) in [5, 5.41) is 0. The molecule has 2 nitrogen and oxygen atoms in total. The van der Waals surface area contributed by atoms with Crippen molar-refractivity contribution in [2.75, 3.05) is 6.54 Å². The Morgan fingerprint density at radius 2 is 2.25 bits per heavy atom. The highest BCUT2D eigenvalue weighted by atomic mass is 16.1. The Hall–Kier alpha value is -0.530. The van der Waals surface area contributed by atoms with Crippen LogP contribution in [0.4, 0.5) is 0 Å². The summed E-state index contributed by atoms with van der Waals surface area (Å²) < 4.78 is 0. The first-order chi connectivity index (χ1) is 3.90. The summed E-state index contributed by atoms with van der Waals surface area (Å²) in [6, 6.07) is 0.637. The molecule has 44 valence electrons. The molecule has 0 aromatic carbocycles. The van der Waals surface area contributed by atoms with Crippen LogP contribution < -0.4 is 0 Å². The molecule has 3 fully saturated rings. The summed E-state index contributed by atoms with van der Waals surface area (Å²) in [5.74, 6) is 0.866. The Morgan fingerprint density at radius 1 is 1.50 bits per heavy atom. The van der Waals surface area contributed by atoms with E-state index in [9.17, 15) is 4.79 Å². The molecule has 0 aromatic rings. The zero-order valence-electron chi connectivity index (χ0n) is 4.71. The average Bonchev–Trinajstić information content (AvgIpc) is 2.15. The van der Waals surface area contributed by atoms with Crippen molar-refractivity contribution < 1.29 is 4.79 Å². The van der Waals surface area contributed by atoms with Gasteiger partial charge in [0.25, 0.3) is 0 Å². The lowest BCUT2D eigenvalue weighted by Gasteiger charge is -2.22. The van der Waals surface area contributed by atoms with Crippen LogP contribution >= 0.6 is 0 Å². The highest BCUT2D eigenvalue weighted by Crippen LogP contribution is 2.39. The number of nitrogens with zero attached hydrogens (tertiary/aromatic N) is 1. The van der Waals surface area contributed by atoms with Crippen molar-refractivity contribution in [3.8, 4) is 0 Å². The molecule has 0 aromatic heterocycles. The molecule has 1 amide bonds. The summed E-state index contributed by atoms with van der Waals surface area (Å²) in [5.41, 5.74) is 0. The first-order valence-electron chi connectivity index (χ1n) is 3.11. The van der Waals surface area contributed by atoms with Crippen LogP contribution in [0, 0.1) is 5.92 Å². The van der Waals surface area contributed by atoms with Gasteiger partial charge in [0.2, 0.25) is 6.41 Å². The molecule has 2 bridgehead atoms. The number of amides is 1. The fraction of sp³-hybridized carbons (Fsp3) is 0.833. The molecule has 0 atom stereocenters.